The summed E-state index contributed by atoms with van der Waals surface area (Å²) in [5, 5.41) is 12.0. The van der Waals surface area contributed by atoms with Gasteiger partial charge in [0.2, 0.25) is 0 Å². The van der Waals surface area contributed by atoms with Gasteiger partial charge in [0.25, 0.3) is 0 Å². The fourth-order valence-corrected chi connectivity index (χ4v) is 1.69. The van der Waals surface area contributed by atoms with Crippen molar-refractivity contribution in [1.29, 1.82) is 0 Å². The first kappa shape index (κ1) is 11.4. The molecule has 0 spiro atoms. The summed E-state index contributed by atoms with van der Waals surface area (Å²) in [4.78, 5) is 0. The molecule has 2 aromatic rings. The number of rotatable bonds is 3. The van der Waals surface area contributed by atoms with E-state index < -0.39 is 0 Å². The Morgan fingerprint density at radius 3 is 2.06 bits per heavy atom. The lowest BCUT2D eigenvalue weighted by Crippen LogP contribution is -2.13. The van der Waals surface area contributed by atoms with Crippen molar-refractivity contribution in [3.05, 3.63) is 77.0 Å². The summed E-state index contributed by atoms with van der Waals surface area (Å²) in [6.07, 6.45) is 0. The Balaban J connectivity index is 2.22. The van der Waals surface area contributed by atoms with Gasteiger partial charge in [0.1, 0.15) is 0 Å². The second-order valence-corrected chi connectivity index (χ2v) is 3.97. The molecular formula is C15H15NO. The van der Waals surface area contributed by atoms with Gasteiger partial charge in [-0.05, 0) is 12.1 Å². The topological polar surface area (TPSA) is 26.1 Å². The van der Waals surface area contributed by atoms with Gasteiger partial charge >= 0.3 is 0 Å². The zero-order valence-corrected chi connectivity index (χ0v) is 9.84. The van der Waals surface area contributed by atoms with Gasteiger partial charge in [-0.2, -0.15) is 0 Å². The summed E-state index contributed by atoms with van der Waals surface area (Å²) in [5.74, 6) is 0. The maximum atomic E-state index is 12.0. The molecule has 17 heavy (non-hydrogen) atoms. The van der Waals surface area contributed by atoms with Gasteiger partial charge < -0.3 is 5.21 Å². The van der Waals surface area contributed by atoms with Crippen molar-refractivity contribution < 1.29 is 4.74 Å². The smallest absolute Gasteiger partial charge is 0.191 e. The molecule has 0 amide bonds. The van der Waals surface area contributed by atoms with Crippen LogP contribution in [0.5, 0.6) is 0 Å². The average molecular weight is 225 g/mol. The van der Waals surface area contributed by atoms with Gasteiger partial charge in [-0.25, -0.2) is 4.74 Å². The van der Waals surface area contributed by atoms with E-state index in [1.807, 2.05) is 67.6 Å². The Kier molecular flexibility index (Phi) is 3.55. The van der Waals surface area contributed by atoms with Gasteiger partial charge in [0, 0.05) is 18.1 Å². The Morgan fingerprint density at radius 2 is 1.47 bits per heavy atom. The van der Waals surface area contributed by atoms with Gasteiger partial charge in [0.15, 0.2) is 12.3 Å². The highest BCUT2D eigenvalue weighted by Crippen LogP contribution is 2.04. The van der Waals surface area contributed by atoms with Crippen LogP contribution in [-0.2, 0) is 6.54 Å². The Labute approximate surface area is 101 Å². The van der Waals surface area contributed by atoms with E-state index in [9.17, 15) is 5.21 Å². The summed E-state index contributed by atoms with van der Waals surface area (Å²) in [5.41, 5.74) is 2.74. The number of hydrogen-bond acceptors (Lipinski definition) is 1. The van der Waals surface area contributed by atoms with Gasteiger partial charge in [-0.3, -0.25) is 0 Å². The fraction of sp³-hybridized carbons (Fsp3) is 0.133. The molecule has 0 saturated carbocycles. The van der Waals surface area contributed by atoms with E-state index in [4.69, 9.17) is 0 Å². The number of nitrogens with zero attached hydrogens (tertiary/aromatic N) is 1. The van der Waals surface area contributed by atoms with Crippen LogP contribution in [0.3, 0.4) is 0 Å². The molecule has 0 bridgehead atoms. The first-order chi connectivity index (χ1) is 8.27. The van der Waals surface area contributed by atoms with Crippen LogP contribution in [0.1, 0.15) is 18.1 Å². The molecule has 2 rings (SSSR count). The van der Waals surface area contributed by atoms with Crippen LogP contribution >= 0.6 is 0 Å². The maximum Gasteiger partial charge on any atom is 0.191 e. The van der Waals surface area contributed by atoms with E-state index in [2.05, 4.69) is 0 Å². The standard InChI is InChI=1S/C15H15NO/c1-13(15-10-6-3-7-11-15)16(17)12-14-8-4-2-5-9-14/h2-11H,12H2,1H3. The molecule has 2 aromatic carbocycles. The van der Waals surface area contributed by atoms with Crippen LogP contribution in [0.2, 0.25) is 0 Å². The van der Waals surface area contributed by atoms with Crippen LogP contribution in [-0.4, -0.2) is 10.5 Å². The third-order valence-electron chi connectivity index (χ3n) is 2.73. The van der Waals surface area contributed by atoms with Crippen LogP contribution in [0.25, 0.3) is 0 Å². The first-order valence-electron chi connectivity index (χ1n) is 5.65. The number of hydroxylamine groups is 1. The number of hydrogen-bond donors (Lipinski definition) is 0. The molecule has 0 saturated heterocycles. The van der Waals surface area contributed by atoms with Crippen molar-refractivity contribution in [2.75, 3.05) is 0 Å². The molecule has 0 unspecified atom stereocenters. The lowest BCUT2D eigenvalue weighted by atomic mass is 10.1. The lowest BCUT2D eigenvalue weighted by Gasteiger charge is -2.08. The third-order valence-corrected chi connectivity index (χ3v) is 2.73. The Bertz CT molecular complexity index is 503. The maximum absolute atomic E-state index is 12.0. The molecule has 0 atom stereocenters. The molecule has 0 radical (unpaired) electrons. The van der Waals surface area contributed by atoms with Crippen molar-refractivity contribution in [2.45, 2.75) is 13.5 Å². The lowest BCUT2D eigenvalue weighted by molar-refractivity contribution is -0.474. The fourth-order valence-electron chi connectivity index (χ4n) is 1.69. The second kappa shape index (κ2) is 5.30. The van der Waals surface area contributed by atoms with Gasteiger partial charge in [0.05, 0.1) is 0 Å². The quantitative estimate of drug-likeness (QED) is 0.341. The molecular weight excluding hydrogens is 210 g/mol. The highest BCUT2D eigenvalue weighted by molar-refractivity contribution is 5.94. The molecule has 2 heteroatoms. The molecule has 86 valence electrons. The van der Waals surface area contributed by atoms with Crippen molar-refractivity contribution in [1.82, 2.24) is 0 Å². The highest BCUT2D eigenvalue weighted by atomic mass is 16.5. The van der Waals surface area contributed by atoms with Crippen LogP contribution < -0.4 is 0 Å². The SMILES string of the molecule is CC(c1ccccc1)=[N+]([O-])Cc1ccccc1. The average Bonchev–Trinajstić information content (AvgIpc) is 2.40. The molecule has 0 N–H and O–H groups in total. The van der Waals surface area contributed by atoms with Crippen LogP contribution in [0.15, 0.2) is 60.7 Å². The first-order valence-corrected chi connectivity index (χ1v) is 5.65. The summed E-state index contributed by atoms with van der Waals surface area (Å²) < 4.78 is 1.03. The Morgan fingerprint density at radius 1 is 0.941 bits per heavy atom. The third kappa shape index (κ3) is 2.94. The van der Waals surface area contributed by atoms with E-state index in [1.54, 1.807) is 0 Å². The highest BCUT2D eigenvalue weighted by Gasteiger charge is 2.06. The molecule has 0 heterocycles. The van der Waals surface area contributed by atoms with E-state index in [1.165, 1.54) is 0 Å². The molecule has 0 aliphatic rings. The second-order valence-electron chi connectivity index (χ2n) is 3.97. The van der Waals surface area contributed by atoms with Crippen molar-refractivity contribution >= 4 is 5.71 Å². The summed E-state index contributed by atoms with van der Waals surface area (Å²) in [6, 6.07) is 19.5. The van der Waals surface area contributed by atoms with E-state index in [0.29, 0.717) is 6.54 Å². The predicted octanol–water partition coefficient (Wildman–Crippen LogP) is 3.21. The minimum Gasteiger partial charge on any atom is -0.623 e. The Hall–Kier alpha value is -2.09. The molecule has 0 fully saturated rings. The van der Waals surface area contributed by atoms with E-state index in [0.717, 1.165) is 21.6 Å². The molecule has 2 nitrogen and oxygen atoms in total. The van der Waals surface area contributed by atoms with E-state index in [-0.39, 0.29) is 0 Å². The zero-order valence-electron chi connectivity index (χ0n) is 9.84. The summed E-state index contributed by atoms with van der Waals surface area (Å²) in [6.45, 7) is 2.24. The molecule has 0 aliphatic heterocycles. The minimum atomic E-state index is 0.390. The number of benzene rings is 2. The zero-order chi connectivity index (χ0) is 12.1. The van der Waals surface area contributed by atoms with Crippen molar-refractivity contribution in [2.24, 2.45) is 0 Å². The largest absolute Gasteiger partial charge is 0.623 e. The molecule has 0 aliphatic carbocycles. The molecule has 0 aromatic heterocycles. The summed E-state index contributed by atoms with van der Waals surface area (Å²) in [7, 11) is 0. The monoisotopic (exact) mass is 225 g/mol. The van der Waals surface area contributed by atoms with Crippen molar-refractivity contribution in [3.8, 4) is 0 Å². The van der Waals surface area contributed by atoms with Crippen molar-refractivity contribution in [3.63, 3.8) is 0 Å². The van der Waals surface area contributed by atoms with Gasteiger partial charge in [-0.15, -0.1) is 0 Å². The predicted molar refractivity (Wildman–Crippen MR) is 70.0 cm³/mol. The van der Waals surface area contributed by atoms with E-state index >= 15 is 0 Å². The van der Waals surface area contributed by atoms with Gasteiger partial charge in [-0.1, -0.05) is 48.5 Å². The normalized spacial score (nSPS) is 12.1. The van der Waals surface area contributed by atoms with Crippen LogP contribution in [0.4, 0.5) is 0 Å². The minimum absolute atomic E-state index is 0.390. The summed E-state index contributed by atoms with van der Waals surface area (Å²) >= 11 is 0. The van der Waals surface area contributed by atoms with Crippen LogP contribution in [0, 0.1) is 5.21 Å².